The Kier molecular flexibility index (Phi) is 25.1. The van der Waals surface area contributed by atoms with Crippen molar-refractivity contribution < 1.29 is 37.9 Å². The predicted octanol–water partition coefficient (Wildman–Crippen LogP) is 6.37. The van der Waals surface area contributed by atoms with Crippen molar-refractivity contribution in [1.82, 2.24) is 5.32 Å². The Balaban J connectivity index is 3.69. The number of unbranched alkanes of at least 4 members (excludes halogenated alkanes) is 12. The summed E-state index contributed by atoms with van der Waals surface area (Å²) in [6, 6.07) is 0. The second kappa shape index (κ2) is 26.0. The number of phosphoric ester groups is 1. The molecule has 0 fully saturated rings. The molecule has 0 bridgehead atoms. The third kappa shape index (κ3) is 26.4. The highest BCUT2D eigenvalue weighted by Crippen LogP contribution is 2.42. The fraction of sp³-hybridized carbons (Fsp3) is 0.857. The van der Waals surface area contributed by atoms with Crippen molar-refractivity contribution in [2.75, 3.05) is 26.4 Å². The molecule has 0 radical (unpaired) electrons. The van der Waals surface area contributed by atoms with Gasteiger partial charge in [-0.1, -0.05) is 90.2 Å². The van der Waals surface area contributed by atoms with E-state index in [2.05, 4.69) is 31.3 Å². The Hall–Kier alpha value is -1.25. The lowest BCUT2D eigenvalue weighted by atomic mass is 10.1. The van der Waals surface area contributed by atoms with Crippen molar-refractivity contribution in [2.45, 2.75) is 129 Å². The van der Waals surface area contributed by atoms with E-state index < -0.39 is 26.5 Å². The van der Waals surface area contributed by atoms with Crippen molar-refractivity contribution >= 4 is 19.7 Å². The van der Waals surface area contributed by atoms with Gasteiger partial charge in [0, 0.05) is 19.4 Å². The van der Waals surface area contributed by atoms with E-state index in [1.165, 1.54) is 38.5 Å². The molecule has 3 N–H and O–H groups in total. The van der Waals surface area contributed by atoms with E-state index in [9.17, 15) is 24.2 Å². The maximum absolute atomic E-state index is 11.9. The molecule has 0 aromatic carbocycles. The number of ether oxygens (including phenoxy) is 1. The first-order valence-corrected chi connectivity index (χ1v) is 16.2. The summed E-state index contributed by atoms with van der Waals surface area (Å²) in [6.07, 6.45) is 20.3. The fourth-order valence-electron chi connectivity index (χ4n) is 3.67. The first kappa shape index (κ1) is 36.8. The summed E-state index contributed by atoms with van der Waals surface area (Å²) >= 11 is 0. The molecule has 0 saturated carbocycles. The average Bonchev–Trinajstić information content (AvgIpc) is 2.89. The Morgan fingerprint density at radius 1 is 0.789 bits per heavy atom. The van der Waals surface area contributed by atoms with Gasteiger partial charge in [0.1, 0.15) is 12.7 Å². The van der Waals surface area contributed by atoms with E-state index in [4.69, 9.17) is 13.8 Å². The van der Waals surface area contributed by atoms with Crippen molar-refractivity contribution in [3.05, 3.63) is 12.2 Å². The van der Waals surface area contributed by atoms with Crippen LogP contribution in [0.3, 0.4) is 0 Å². The molecule has 1 amide bonds. The SMILES string of the molecule is CCC/C=C\CCCCCCCC(=O)NCCOP(=O)(O)OCC(O)COC(=O)CCCCCCCCC. The van der Waals surface area contributed by atoms with Crippen LogP contribution in [-0.2, 0) is 27.9 Å². The number of hydrogen-bond acceptors (Lipinski definition) is 7. The zero-order valence-corrected chi connectivity index (χ0v) is 24.8. The second-order valence-electron chi connectivity index (χ2n) is 9.72. The lowest BCUT2D eigenvalue weighted by Gasteiger charge is -2.15. The molecule has 0 saturated heterocycles. The van der Waals surface area contributed by atoms with Gasteiger partial charge in [-0.2, -0.15) is 0 Å². The van der Waals surface area contributed by atoms with E-state index in [0.29, 0.717) is 6.42 Å². The number of phosphoric acid groups is 1. The average molecular weight is 564 g/mol. The minimum Gasteiger partial charge on any atom is -0.463 e. The van der Waals surface area contributed by atoms with Gasteiger partial charge in [0.25, 0.3) is 0 Å². The summed E-state index contributed by atoms with van der Waals surface area (Å²) in [4.78, 5) is 33.3. The Morgan fingerprint density at radius 2 is 1.39 bits per heavy atom. The molecular formula is C28H54NO8P. The smallest absolute Gasteiger partial charge is 0.463 e. The Bertz CT molecular complexity index is 659. The summed E-state index contributed by atoms with van der Waals surface area (Å²) in [5, 5.41) is 12.5. The molecular weight excluding hydrogens is 509 g/mol. The highest BCUT2D eigenvalue weighted by molar-refractivity contribution is 7.47. The number of nitrogens with one attached hydrogen (secondary N) is 1. The first-order valence-electron chi connectivity index (χ1n) is 14.7. The maximum atomic E-state index is 11.9. The number of hydrogen-bond donors (Lipinski definition) is 3. The molecule has 2 atom stereocenters. The normalized spacial score (nSPS) is 13.9. The van der Waals surface area contributed by atoms with Gasteiger partial charge in [-0.05, 0) is 32.1 Å². The van der Waals surface area contributed by atoms with Gasteiger partial charge in [-0.25, -0.2) is 4.57 Å². The van der Waals surface area contributed by atoms with E-state index in [1.807, 2.05) is 0 Å². The summed E-state index contributed by atoms with van der Waals surface area (Å²) < 4.78 is 26.5. The number of esters is 1. The van der Waals surface area contributed by atoms with Crippen LogP contribution in [0.1, 0.15) is 123 Å². The van der Waals surface area contributed by atoms with Crippen LogP contribution in [0.5, 0.6) is 0 Å². The van der Waals surface area contributed by atoms with Gasteiger partial charge >= 0.3 is 13.8 Å². The number of allylic oxidation sites excluding steroid dienone is 2. The summed E-state index contributed by atoms with van der Waals surface area (Å²) in [6.45, 7) is 3.39. The van der Waals surface area contributed by atoms with Crippen molar-refractivity contribution in [1.29, 1.82) is 0 Å². The summed E-state index contributed by atoms with van der Waals surface area (Å²) in [7, 11) is -4.39. The van der Waals surface area contributed by atoms with Gasteiger partial charge in [0.05, 0.1) is 13.2 Å². The lowest BCUT2D eigenvalue weighted by molar-refractivity contribution is -0.147. The van der Waals surface area contributed by atoms with Crippen molar-refractivity contribution in [3.8, 4) is 0 Å². The van der Waals surface area contributed by atoms with Crippen LogP contribution in [0.15, 0.2) is 12.2 Å². The topological polar surface area (TPSA) is 131 Å². The number of carbonyl (C=O) groups is 2. The van der Waals surface area contributed by atoms with E-state index in [-0.39, 0.29) is 32.1 Å². The van der Waals surface area contributed by atoms with Gasteiger partial charge < -0.3 is 20.1 Å². The summed E-state index contributed by atoms with van der Waals surface area (Å²) in [5.74, 6) is -0.537. The van der Waals surface area contributed by atoms with E-state index >= 15 is 0 Å². The molecule has 0 aliphatic carbocycles. The number of amides is 1. The van der Waals surface area contributed by atoms with Crippen LogP contribution in [0, 0.1) is 0 Å². The maximum Gasteiger partial charge on any atom is 0.472 e. The molecule has 0 aromatic rings. The second-order valence-corrected chi connectivity index (χ2v) is 11.2. The molecule has 0 aliphatic rings. The standard InChI is InChI=1S/C28H54NO8P/c1-3-5-7-9-11-12-13-15-16-18-20-27(31)29-22-23-36-38(33,34)37-25-26(30)24-35-28(32)21-19-17-14-10-8-6-4-2/h7,9,26,30H,3-6,8,10-25H2,1-2H3,(H,29,31)(H,33,34)/b9-7-. The van der Waals surface area contributed by atoms with Gasteiger partial charge in [0.2, 0.25) is 5.91 Å². The lowest BCUT2D eigenvalue weighted by Crippen LogP contribution is -2.27. The largest absolute Gasteiger partial charge is 0.472 e. The minimum absolute atomic E-state index is 0.0790. The van der Waals surface area contributed by atoms with E-state index in [0.717, 1.165) is 57.8 Å². The third-order valence-electron chi connectivity index (χ3n) is 5.93. The van der Waals surface area contributed by atoms with E-state index in [1.54, 1.807) is 0 Å². The molecule has 0 rings (SSSR count). The van der Waals surface area contributed by atoms with Crippen LogP contribution >= 0.6 is 7.82 Å². The van der Waals surface area contributed by atoms with Gasteiger partial charge in [0.15, 0.2) is 0 Å². The molecule has 0 aliphatic heterocycles. The van der Waals surface area contributed by atoms with Crippen LogP contribution in [0.25, 0.3) is 0 Å². The monoisotopic (exact) mass is 563 g/mol. The quantitative estimate of drug-likeness (QED) is 0.0455. The molecule has 0 spiro atoms. The zero-order valence-electron chi connectivity index (χ0n) is 23.9. The number of aliphatic hydroxyl groups excluding tert-OH is 1. The molecule has 0 aromatic heterocycles. The van der Waals surface area contributed by atoms with Crippen molar-refractivity contribution in [3.63, 3.8) is 0 Å². The van der Waals surface area contributed by atoms with Crippen LogP contribution < -0.4 is 5.32 Å². The number of carbonyl (C=O) groups excluding carboxylic acids is 2. The molecule has 9 nitrogen and oxygen atoms in total. The molecule has 0 heterocycles. The number of rotatable bonds is 27. The zero-order chi connectivity index (χ0) is 28.3. The first-order chi connectivity index (χ1) is 18.3. The molecule has 38 heavy (non-hydrogen) atoms. The van der Waals surface area contributed by atoms with Crippen molar-refractivity contribution in [2.24, 2.45) is 0 Å². The number of aliphatic hydroxyl groups is 1. The molecule has 224 valence electrons. The minimum atomic E-state index is -4.39. The highest BCUT2D eigenvalue weighted by atomic mass is 31.2. The van der Waals surface area contributed by atoms with Crippen LogP contribution in [-0.4, -0.2) is 54.3 Å². The molecule has 2 unspecified atom stereocenters. The molecule has 10 heteroatoms. The van der Waals surface area contributed by atoms with Gasteiger partial charge in [-0.3, -0.25) is 18.6 Å². The van der Waals surface area contributed by atoms with Crippen LogP contribution in [0.4, 0.5) is 0 Å². The Labute approximate surface area is 230 Å². The predicted molar refractivity (Wildman–Crippen MR) is 151 cm³/mol. The Morgan fingerprint density at radius 3 is 2.08 bits per heavy atom. The van der Waals surface area contributed by atoms with Gasteiger partial charge in [-0.15, -0.1) is 0 Å². The fourth-order valence-corrected chi connectivity index (χ4v) is 4.43. The summed E-state index contributed by atoms with van der Waals surface area (Å²) in [5.41, 5.74) is 0. The third-order valence-corrected chi connectivity index (χ3v) is 6.91. The highest BCUT2D eigenvalue weighted by Gasteiger charge is 2.23. The van der Waals surface area contributed by atoms with Crippen LogP contribution in [0.2, 0.25) is 0 Å².